The summed E-state index contributed by atoms with van der Waals surface area (Å²) in [5.74, 6) is 1.90. The van der Waals surface area contributed by atoms with Crippen molar-refractivity contribution in [1.29, 1.82) is 0 Å². The Morgan fingerprint density at radius 1 is 1.50 bits per heavy atom. The van der Waals surface area contributed by atoms with E-state index in [9.17, 15) is 4.79 Å². The third-order valence-electron chi connectivity index (χ3n) is 2.98. The van der Waals surface area contributed by atoms with Gasteiger partial charge in [-0.25, -0.2) is 0 Å². The van der Waals surface area contributed by atoms with E-state index < -0.39 is 0 Å². The molecule has 0 aliphatic carbocycles. The maximum absolute atomic E-state index is 12.2. The minimum Gasteiger partial charge on any atom is -0.325 e. The van der Waals surface area contributed by atoms with Crippen molar-refractivity contribution in [2.75, 3.05) is 18.6 Å². The summed E-state index contributed by atoms with van der Waals surface area (Å²) >= 11 is 1.80. The number of carbonyl (C=O) groups is 1. The van der Waals surface area contributed by atoms with Gasteiger partial charge in [0.1, 0.15) is 0 Å². The van der Waals surface area contributed by atoms with E-state index in [4.69, 9.17) is 0 Å². The fourth-order valence-electron chi connectivity index (χ4n) is 2.18. The summed E-state index contributed by atoms with van der Waals surface area (Å²) in [6.45, 7) is 7.34. The quantitative estimate of drug-likeness (QED) is 0.775. The van der Waals surface area contributed by atoms with Gasteiger partial charge in [-0.3, -0.25) is 10.1 Å². The Morgan fingerprint density at radius 2 is 2.19 bits per heavy atom. The molecule has 3 nitrogen and oxygen atoms in total. The Hall–Kier alpha value is -0.220. The van der Waals surface area contributed by atoms with Crippen LogP contribution in [0.3, 0.4) is 0 Å². The number of rotatable bonds is 6. The van der Waals surface area contributed by atoms with Crippen molar-refractivity contribution in [3.8, 4) is 0 Å². The third kappa shape index (κ3) is 3.39. The molecule has 1 amide bonds. The van der Waals surface area contributed by atoms with Gasteiger partial charge in [0.05, 0.1) is 12.2 Å². The molecule has 1 heterocycles. The van der Waals surface area contributed by atoms with Crippen molar-refractivity contribution in [3.63, 3.8) is 0 Å². The molecule has 0 saturated carbocycles. The lowest BCUT2D eigenvalue weighted by Crippen LogP contribution is -2.38. The lowest BCUT2D eigenvalue weighted by atomic mass is 10.0. The van der Waals surface area contributed by atoms with Gasteiger partial charge in [0.25, 0.3) is 0 Å². The van der Waals surface area contributed by atoms with Crippen molar-refractivity contribution >= 4 is 17.7 Å². The average Bonchev–Trinajstić information content (AvgIpc) is 2.52. The molecule has 0 radical (unpaired) electrons. The first-order chi connectivity index (χ1) is 7.60. The summed E-state index contributed by atoms with van der Waals surface area (Å²) in [7, 11) is 0. The number of thioether (sulfide) groups is 1. The number of carbonyl (C=O) groups excluding carboxylic acids is 1. The number of nitrogens with one attached hydrogen (secondary N) is 1. The van der Waals surface area contributed by atoms with Crippen molar-refractivity contribution in [3.05, 3.63) is 0 Å². The van der Waals surface area contributed by atoms with Gasteiger partial charge in [0.15, 0.2) is 0 Å². The van der Waals surface area contributed by atoms with Crippen LogP contribution in [0.4, 0.5) is 0 Å². The van der Waals surface area contributed by atoms with Crippen LogP contribution >= 0.6 is 11.8 Å². The highest BCUT2D eigenvalue weighted by atomic mass is 32.2. The van der Waals surface area contributed by atoms with Crippen LogP contribution in [0.1, 0.15) is 33.6 Å². The minimum absolute atomic E-state index is 0.0480. The molecule has 1 aliphatic rings. The molecule has 0 aromatic carbocycles. The highest BCUT2D eigenvalue weighted by molar-refractivity contribution is 7.98. The maximum Gasteiger partial charge on any atom is 0.241 e. The number of nitrogens with zero attached hydrogens (tertiary/aromatic N) is 1. The highest BCUT2D eigenvalue weighted by Crippen LogP contribution is 2.18. The van der Waals surface area contributed by atoms with Crippen LogP contribution in [-0.2, 0) is 4.79 Å². The molecule has 2 unspecified atom stereocenters. The SMILES string of the molecule is CCC1NC(CC(C)C)C(=O)N1CCSC. The fourth-order valence-corrected chi connectivity index (χ4v) is 2.56. The third-order valence-corrected chi connectivity index (χ3v) is 3.57. The topological polar surface area (TPSA) is 32.3 Å². The Bertz CT molecular complexity index is 233. The van der Waals surface area contributed by atoms with Gasteiger partial charge in [0, 0.05) is 12.3 Å². The van der Waals surface area contributed by atoms with Gasteiger partial charge in [0.2, 0.25) is 5.91 Å². The van der Waals surface area contributed by atoms with Crippen LogP contribution in [0.25, 0.3) is 0 Å². The minimum atomic E-state index is 0.0480. The first-order valence-corrected chi connectivity index (χ1v) is 7.55. The highest BCUT2D eigenvalue weighted by Gasteiger charge is 2.37. The van der Waals surface area contributed by atoms with Crippen LogP contribution in [0.5, 0.6) is 0 Å². The summed E-state index contributed by atoms with van der Waals surface area (Å²) in [6.07, 6.45) is 4.28. The zero-order valence-electron chi connectivity index (χ0n) is 10.8. The second kappa shape index (κ2) is 6.50. The molecule has 1 saturated heterocycles. The molecule has 1 rings (SSSR count). The van der Waals surface area contributed by atoms with Crippen molar-refractivity contribution in [1.82, 2.24) is 10.2 Å². The predicted molar refractivity (Wildman–Crippen MR) is 70.6 cm³/mol. The van der Waals surface area contributed by atoms with E-state index in [1.165, 1.54) is 0 Å². The zero-order chi connectivity index (χ0) is 12.1. The maximum atomic E-state index is 12.2. The fraction of sp³-hybridized carbons (Fsp3) is 0.917. The van der Waals surface area contributed by atoms with Crippen LogP contribution in [0.2, 0.25) is 0 Å². The summed E-state index contributed by atoms with van der Waals surface area (Å²) in [5.41, 5.74) is 0. The summed E-state index contributed by atoms with van der Waals surface area (Å²) in [5, 5.41) is 3.45. The van der Waals surface area contributed by atoms with Crippen molar-refractivity contribution in [2.45, 2.75) is 45.8 Å². The summed E-state index contributed by atoms with van der Waals surface area (Å²) in [6, 6.07) is 0.0480. The summed E-state index contributed by atoms with van der Waals surface area (Å²) < 4.78 is 0. The molecule has 94 valence electrons. The van der Waals surface area contributed by atoms with Gasteiger partial charge >= 0.3 is 0 Å². The van der Waals surface area contributed by atoms with Gasteiger partial charge in [-0.15, -0.1) is 0 Å². The predicted octanol–water partition coefficient (Wildman–Crippen LogP) is 1.93. The van der Waals surface area contributed by atoms with E-state index in [-0.39, 0.29) is 12.2 Å². The normalized spacial score (nSPS) is 25.8. The van der Waals surface area contributed by atoms with Crippen LogP contribution in [-0.4, -0.2) is 41.6 Å². The van der Waals surface area contributed by atoms with E-state index in [0.29, 0.717) is 11.8 Å². The zero-order valence-corrected chi connectivity index (χ0v) is 11.6. The van der Waals surface area contributed by atoms with Crippen molar-refractivity contribution < 1.29 is 4.79 Å². The van der Waals surface area contributed by atoms with E-state index >= 15 is 0 Å². The van der Waals surface area contributed by atoms with Gasteiger partial charge < -0.3 is 4.90 Å². The largest absolute Gasteiger partial charge is 0.325 e. The molecule has 1 fully saturated rings. The molecule has 4 heteroatoms. The molecule has 1 aliphatic heterocycles. The standard InChI is InChI=1S/C12H24N2OS/c1-5-11-13-10(8-9(2)3)12(15)14(11)6-7-16-4/h9-11,13H,5-8H2,1-4H3. The molecule has 0 spiro atoms. The summed E-state index contributed by atoms with van der Waals surface area (Å²) in [4.78, 5) is 14.2. The first kappa shape index (κ1) is 13.8. The number of hydrogen-bond acceptors (Lipinski definition) is 3. The molecule has 0 aromatic heterocycles. The van der Waals surface area contributed by atoms with E-state index in [0.717, 1.165) is 25.1 Å². The molecule has 16 heavy (non-hydrogen) atoms. The van der Waals surface area contributed by atoms with E-state index in [1.54, 1.807) is 11.8 Å². The number of hydrogen-bond donors (Lipinski definition) is 1. The second-order valence-electron chi connectivity index (χ2n) is 4.80. The molecular formula is C12H24N2OS. The van der Waals surface area contributed by atoms with E-state index in [2.05, 4.69) is 32.3 Å². The van der Waals surface area contributed by atoms with Gasteiger partial charge in [-0.2, -0.15) is 11.8 Å². The van der Waals surface area contributed by atoms with E-state index in [1.807, 2.05) is 4.90 Å². The van der Waals surface area contributed by atoms with Crippen LogP contribution in [0, 0.1) is 5.92 Å². The second-order valence-corrected chi connectivity index (χ2v) is 5.78. The smallest absolute Gasteiger partial charge is 0.241 e. The Morgan fingerprint density at radius 3 is 2.69 bits per heavy atom. The number of amides is 1. The van der Waals surface area contributed by atoms with Crippen LogP contribution in [0.15, 0.2) is 0 Å². The molecular weight excluding hydrogens is 220 g/mol. The van der Waals surface area contributed by atoms with Gasteiger partial charge in [-0.1, -0.05) is 20.8 Å². The average molecular weight is 244 g/mol. The molecule has 0 bridgehead atoms. The Balaban J connectivity index is 2.58. The van der Waals surface area contributed by atoms with Crippen molar-refractivity contribution in [2.24, 2.45) is 5.92 Å². The molecule has 0 aromatic rings. The monoisotopic (exact) mass is 244 g/mol. The van der Waals surface area contributed by atoms with Crippen LogP contribution < -0.4 is 5.32 Å². The lowest BCUT2D eigenvalue weighted by Gasteiger charge is -2.22. The molecule has 1 N–H and O–H groups in total. The lowest BCUT2D eigenvalue weighted by molar-refractivity contribution is -0.130. The van der Waals surface area contributed by atoms with Gasteiger partial charge in [-0.05, 0) is 25.0 Å². The Kier molecular flexibility index (Phi) is 5.62. The molecule has 2 atom stereocenters. The Labute approximate surface area is 103 Å². The first-order valence-electron chi connectivity index (χ1n) is 6.15.